The Hall–Kier alpha value is -1.62. The molecule has 5 nitrogen and oxygen atoms in total. The third kappa shape index (κ3) is 3.48. The van der Waals surface area contributed by atoms with Crippen LogP contribution in [0.4, 0.5) is 0 Å². The Morgan fingerprint density at radius 3 is 3.00 bits per heavy atom. The fourth-order valence-electron chi connectivity index (χ4n) is 2.42. The quantitative estimate of drug-likeness (QED) is 0.803. The van der Waals surface area contributed by atoms with Crippen LogP contribution in [0.5, 0.6) is 0 Å². The van der Waals surface area contributed by atoms with Gasteiger partial charge in [-0.2, -0.15) is 0 Å². The number of carbonyl (C=O) groups is 2. The summed E-state index contributed by atoms with van der Waals surface area (Å²) in [7, 11) is 1.36. The predicted molar refractivity (Wildman–Crippen MR) is 74.6 cm³/mol. The molecule has 2 rings (SSSR count). The minimum Gasteiger partial charge on any atom is -0.469 e. The summed E-state index contributed by atoms with van der Waals surface area (Å²) >= 11 is 5.89. The Labute approximate surface area is 122 Å². The van der Waals surface area contributed by atoms with Gasteiger partial charge >= 0.3 is 5.97 Å². The summed E-state index contributed by atoms with van der Waals surface area (Å²) in [4.78, 5) is 29.7. The maximum Gasteiger partial charge on any atom is 0.307 e. The van der Waals surface area contributed by atoms with Crippen molar-refractivity contribution in [1.29, 1.82) is 0 Å². The number of halogens is 1. The summed E-state index contributed by atoms with van der Waals surface area (Å²) < 4.78 is 4.69. The number of rotatable bonds is 3. The zero-order valence-electron chi connectivity index (χ0n) is 11.3. The van der Waals surface area contributed by atoms with Gasteiger partial charge < -0.3 is 9.64 Å². The van der Waals surface area contributed by atoms with Crippen molar-refractivity contribution in [3.05, 3.63) is 29.0 Å². The second-order valence-electron chi connectivity index (χ2n) is 4.79. The van der Waals surface area contributed by atoms with Gasteiger partial charge in [0.15, 0.2) is 0 Å². The van der Waals surface area contributed by atoms with E-state index in [0.29, 0.717) is 17.3 Å². The van der Waals surface area contributed by atoms with Crippen LogP contribution >= 0.6 is 11.6 Å². The van der Waals surface area contributed by atoms with Crippen molar-refractivity contribution in [1.82, 2.24) is 9.88 Å². The maximum absolute atomic E-state index is 12.5. The molecule has 2 heterocycles. The summed E-state index contributed by atoms with van der Waals surface area (Å²) in [6.07, 6.45) is 4.48. The first-order chi connectivity index (χ1) is 9.61. The zero-order chi connectivity index (χ0) is 14.5. The number of aromatic nitrogens is 1. The molecule has 1 saturated heterocycles. The van der Waals surface area contributed by atoms with Gasteiger partial charge in [0.25, 0.3) is 5.91 Å². The molecule has 1 amide bonds. The van der Waals surface area contributed by atoms with Crippen molar-refractivity contribution in [3.8, 4) is 0 Å². The van der Waals surface area contributed by atoms with Crippen LogP contribution in [0, 0.1) is 0 Å². The van der Waals surface area contributed by atoms with Gasteiger partial charge in [-0.05, 0) is 31.4 Å². The van der Waals surface area contributed by atoms with Crippen LogP contribution in [-0.4, -0.2) is 41.5 Å². The Morgan fingerprint density at radius 2 is 2.30 bits per heavy atom. The summed E-state index contributed by atoms with van der Waals surface area (Å²) in [5.74, 6) is -0.477. The van der Waals surface area contributed by atoms with Crippen molar-refractivity contribution in [3.63, 3.8) is 0 Å². The van der Waals surface area contributed by atoms with Gasteiger partial charge in [-0.15, -0.1) is 0 Å². The number of nitrogens with zero attached hydrogens (tertiary/aromatic N) is 2. The molecule has 108 valence electrons. The van der Waals surface area contributed by atoms with Crippen LogP contribution in [0.15, 0.2) is 18.3 Å². The highest BCUT2D eigenvalue weighted by Crippen LogP contribution is 2.22. The lowest BCUT2D eigenvalue weighted by molar-refractivity contribution is -0.142. The molecule has 0 radical (unpaired) electrons. The minimum atomic E-state index is -0.297. The first-order valence-electron chi connectivity index (χ1n) is 6.61. The Balaban J connectivity index is 2.15. The van der Waals surface area contributed by atoms with Gasteiger partial charge in [0.1, 0.15) is 5.69 Å². The fraction of sp³-hybridized carbons (Fsp3) is 0.500. The zero-order valence-corrected chi connectivity index (χ0v) is 12.1. The van der Waals surface area contributed by atoms with E-state index in [0.717, 1.165) is 19.3 Å². The van der Waals surface area contributed by atoms with E-state index in [2.05, 4.69) is 4.98 Å². The van der Waals surface area contributed by atoms with E-state index in [1.807, 2.05) is 0 Å². The van der Waals surface area contributed by atoms with E-state index in [9.17, 15) is 9.59 Å². The smallest absolute Gasteiger partial charge is 0.307 e. The number of pyridine rings is 1. The molecule has 20 heavy (non-hydrogen) atoms. The van der Waals surface area contributed by atoms with E-state index < -0.39 is 0 Å². The first kappa shape index (κ1) is 14.8. The number of carbonyl (C=O) groups excluding carboxylic acids is 2. The number of amides is 1. The topological polar surface area (TPSA) is 59.5 Å². The highest BCUT2D eigenvalue weighted by atomic mass is 35.5. The minimum absolute atomic E-state index is 0.121. The molecule has 0 N–H and O–H groups in total. The SMILES string of the molecule is COC(=O)C[C@@H]1CCCCN1C(=O)c1cc(Cl)ccn1. The van der Waals surface area contributed by atoms with Gasteiger partial charge in [0.05, 0.1) is 13.5 Å². The Morgan fingerprint density at radius 1 is 1.50 bits per heavy atom. The lowest BCUT2D eigenvalue weighted by Gasteiger charge is -2.35. The molecule has 0 saturated carbocycles. The van der Waals surface area contributed by atoms with Crippen LogP contribution in [0.1, 0.15) is 36.2 Å². The van der Waals surface area contributed by atoms with Gasteiger partial charge in [0.2, 0.25) is 0 Å². The monoisotopic (exact) mass is 296 g/mol. The molecule has 1 aliphatic rings. The van der Waals surface area contributed by atoms with E-state index in [1.54, 1.807) is 17.0 Å². The van der Waals surface area contributed by atoms with Crippen molar-refractivity contribution in [2.45, 2.75) is 31.7 Å². The molecule has 0 aromatic carbocycles. The van der Waals surface area contributed by atoms with Crippen molar-refractivity contribution >= 4 is 23.5 Å². The number of esters is 1. The molecular formula is C14H17ClN2O3. The van der Waals surface area contributed by atoms with Crippen LogP contribution in [0.2, 0.25) is 5.02 Å². The summed E-state index contributed by atoms with van der Waals surface area (Å²) in [6, 6.07) is 3.05. The predicted octanol–water partition coefficient (Wildman–Crippen LogP) is 2.29. The molecule has 0 bridgehead atoms. The van der Waals surface area contributed by atoms with E-state index >= 15 is 0 Å². The maximum atomic E-state index is 12.5. The van der Waals surface area contributed by atoms with Gasteiger partial charge in [-0.25, -0.2) is 0 Å². The molecule has 1 aliphatic heterocycles. The second kappa shape index (κ2) is 6.70. The summed E-state index contributed by atoms with van der Waals surface area (Å²) in [5.41, 5.74) is 0.314. The summed E-state index contributed by atoms with van der Waals surface area (Å²) in [5, 5.41) is 0.477. The lowest BCUT2D eigenvalue weighted by Crippen LogP contribution is -2.45. The molecule has 6 heteroatoms. The van der Waals surface area contributed by atoms with Crippen LogP contribution in [0.25, 0.3) is 0 Å². The molecule has 1 aromatic rings. The van der Waals surface area contributed by atoms with Crippen LogP contribution < -0.4 is 0 Å². The highest BCUT2D eigenvalue weighted by Gasteiger charge is 2.30. The second-order valence-corrected chi connectivity index (χ2v) is 5.22. The van der Waals surface area contributed by atoms with E-state index in [-0.39, 0.29) is 24.3 Å². The molecule has 0 unspecified atom stereocenters. The summed E-state index contributed by atoms with van der Waals surface area (Å²) in [6.45, 7) is 0.634. The third-order valence-electron chi connectivity index (χ3n) is 3.46. The number of ether oxygens (including phenoxy) is 1. The largest absolute Gasteiger partial charge is 0.469 e. The first-order valence-corrected chi connectivity index (χ1v) is 6.99. The van der Waals surface area contributed by atoms with Gasteiger partial charge in [0, 0.05) is 23.8 Å². The normalized spacial score (nSPS) is 18.7. The van der Waals surface area contributed by atoms with Crippen molar-refractivity contribution < 1.29 is 14.3 Å². The third-order valence-corrected chi connectivity index (χ3v) is 3.69. The van der Waals surface area contributed by atoms with Crippen molar-refractivity contribution in [2.24, 2.45) is 0 Å². The van der Waals surface area contributed by atoms with E-state index in [1.165, 1.54) is 13.3 Å². The van der Waals surface area contributed by atoms with Gasteiger partial charge in [-0.1, -0.05) is 11.6 Å². The standard InChI is InChI=1S/C14H17ClN2O3/c1-20-13(18)9-11-4-2-3-7-17(11)14(19)12-8-10(15)5-6-16-12/h5-6,8,11H,2-4,7,9H2,1H3/t11-/m0/s1. The molecular weight excluding hydrogens is 280 g/mol. The molecule has 1 fully saturated rings. The lowest BCUT2D eigenvalue weighted by atomic mass is 9.99. The number of hydrogen-bond donors (Lipinski definition) is 0. The molecule has 1 aromatic heterocycles. The molecule has 1 atom stereocenters. The fourth-order valence-corrected chi connectivity index (χ4v) is 2.58. The highest BCUT2D eigenvalue weighted by molar-refractivity contribution is 6.30. The van der Waals surface area contributed by atoms with E-state index in [4.69, 9.17) is 16.3 Å². The van der Waals surface area contributed by atoms with Crippen LogP contribution in [0.3, 0.4) is 0 Å². The number of piperidine rings is 1. The average molecular weight is 297 g/mol. The Kier molecular flexibility index (Phi) is 4.95. The van der Waals surface area contributed by atoms with Crippen molar-refractivity contribution in [2.75, 3.05) is 13.7 Å². The van der Waals surface area contributed by atoms with Crippen LogP contribution in [-0.2, 0) is 9.53 Å². The molecule has 0 spiro atoms. The number of methoxy groups -OCH3 is 1. The number of hydrogen-bond acceptors (Lipinski definition) is 4. The number of likely N-dealkylation sites (tertiary alicyclic amines) is 1. The van der Waals surface area contributed by atoms with Gasteiger partial charge in [-0.3, -0.25) is 14.6 Å². The molecule has 0 aliphatic carbocycles. The average Bonchev–Trinajstić information content (AvgIpc) is 2.47. The Bertz CT molecular complexity index is 507.